The van der Waals surface area contributed by atoms with E-state index in [1.54, 1.807) is 0 Å². The second-order valence-corrected chi connectivity index (χ2v) is 6.66. The molecule has 0 saturated carbocycles. The molecule has 1 aliphatic rings. The second kappa shape index (κ2) is 8.78. The Labute approximate surface area is 161 Å². The molecular weight excluding hydrogens is 396 g/mol. The van der Waals surface area contributed by atoms with E-state index < -0.39 is 29.3 Å². The predicted octanol–water partition coefficient (Wildman–Crippen LogP) is 1.56. The van der Waals surface area contributed by atoms with Gasteiger partial charge in [-0.05, 0) is 12.1 Å². The number of halogens is 2. The Balaban J connectivity index is 1.46. The van der Waals surface area contributed by atoms with Crippen LogP contribution in [0.4, 0.5) is 19.3 Å². The van der Waals surface area contributed by atoms with Crippen LogP contribution in [0, 0.1) is 11.6 Å². The van der Waals surface area contributed by atoms with Crippen molar-refractivity contribution in [3.05, 3.63) is 35.7 Å². The summed E-state index contributed by atoms with van der Waals surface area (Å²) < 4.78 is 32.4. The van der Waals surface area contributed by atoms with Crippen LogP contribution in [0.2, 0.25) is 0 Å². The number of nitrogens with zero attached hydrogens (tertiary/aromatic N) is 3. The molecular formula is C16H15F2N5O4S. The summed E-state index contributed by atoms with van der Waals surface area (Å²) in [6.45, 7) is 0.603. The summed E-state index contributed by atoms with van der Waals surface area (Å²) in [5.41, 5.74) is -0.516. The molecule has 28 heavy (non-hydrogen) atoms. The Morgan fingerprint density at radius 2 is 2.04 bits per heavy atom. The lowest BCUT2D eigenvalue weighted by Crippen LogP contribution is -2.49. The van der Waals surface area contributed by atoms with E-state index in [9.17, 15) is 23.2 Å². The summed E-state index contributed by atoms with van der Waals surface area (Å²) in [5, 5.41) is 12.1. The largest absolute Gasteiger partial charge is 0.416 e. The van der Waals surface area contributed by atoms with E-state index in [0.29, 0.717) is 13.1 Å². The predicted molar refractivity (Wildman–Crippen MR) is 93.4 cm³/mol. The van der Waals surface area contributed by atoms with E-state index in [1.165, 1.54) is 11.0 Å². The van der Waals surface area contributed by atoms with Crippen LogP contribution in [0.3, 0.4) is 0 Å². The molecule has 0 spiro atoms. The van der Waals surface area contributed by atoms with Gasteiger partial charge in [-0.15, -0.1) is 10.2 Å². The fourth-order valence-corrected chi connectivity index (χ4v) is 2.94. The molecule has 0 aliphatic carbocycles. The number of carbonyl (C=O) groups excluding carboxylic acids is 3. The maximum atomic E-state index is 13.5. The van der Waals surface area contributed by atoms with Crippen molar-refractivity contribution in [1.82, 2.24) is 20.4 Å². The second-order valence-electron chi connectivity index (χ2n) is 5.74. The van der Waals surface area contributed by atoms with Crippen molar-refractivity contribution in [2.45, 2.75) is 18.1 Å². The normalized spacial score (nSPS) is 14.1. The van der Waals surface area contributed by atoms with Gasteiger partial charge in [-0.25, -0.2) is 13.6 Å². The fourth-order valence-electron chi connectivity index (χ4n) is 2.36. The van der Waals surface area contributed by atoms with Gasteiger partial charge in [0, 0.05) is 25.9 Å². The molecule has 9 nitrogen and oxygen atoms in total. The highest BCUT2D eigenvalue weighted by atomic mass is 32.2. The highest BCUT2D eigenvalue weighted by Crippen LogP contribution is 2.20. The molecule has 0 unspecified atom stereocenters. The van der Waals surface area contributed by atoms with Crippen LogP contribution in [-0.4, -0.2) is 51.8 Å². The topological polar surface area (TPSA) is 117 Å². The molecule has 0 bridgehead atoms. The summed E-state index contributed by atoms with van der Waals surface area (Å²) in [6, 6.07) is 2.80. The van der Waals surface area contributed by atoms with Gasteiger partial charge in [0.15, 0.2) is 0 Å². The number of urea groups is 1. The lowest BCUT2D eigenvalue weighted by atomic mass is 10.3. The smallest absolute Gasteiger partial charge is 0.324 e. The SMILES string of the molecule is O=C1CCN(CCc2nnc(SCC(=O)Nc3c(F)cccc3F)o2)C(=O)N1. The molecule has 1 aliphatic heterocycles. The molecule has 4 amide bonds. The van der Waals surface area contributed by atoms with E-state index in [2.05, 4.69) is 20.8 Å². The first-order chi connectivity index (χ1) is 13.4. The van der Waals surface area contributed by atoms with Crippen LogP contribution in [-0.2, 0) is 16.0 Å². The summed E-state index contributed by atoms with van der Waals surface area (Å²) in [5.74, 6) is -2.63. The van der Waals surface area contributed by atoms with Gasteiger partial charge in [-0.2, -0.15) is 0 Å². The highest BCUT2D eigenvalue weighted by molar-refractivity contribution is 7.99. The van der Waals surface area contributed by atoms with E-state index in [1.807, 2.05) is 0 Å². The molecule has 1 fully saturated rings. The van der Waals surface area contributed by atoms with Crippen molar-refractivity contribution in [2.24, 2.45) is 0 Å². The van der Waals surface area contributed by atoms with Gasteiger partial charge in [0.2, 0.25) is 17.7 Å². The van der Waals surface area contributed by atoms with Gasteiger partial charge in [0.1, 0.15) is 17.3 Å². The molecule has 3 rings (SSSR count). The number of benzene rings is 1. The van der Waals surface area contributed by atoms with Gasteiger partial charge < -0.3 is 14.6 Å². The van der Waals surface area contributed by atoms with E-state index in [-0.39, 0.29) is 35.6 Å². The third-order valence-corrected chi connectivity index (χ3v) is 4.56. The number of hydrogen-bond acceptors (Lipinski definition) is 7. The van der Waals surface area contributed by atoms with Crippen molar-refractivity contribution in [3.63, 3.8) is 0 Å². The first-order valence-corrected chi connectivity index (χ1v) is 9.18. The Bertz CT molecular complexity index is 887. The van der Waals surface area contributed by atoms with Crippen LogP contribution in [0.1, 0.15) is 12.3 Å². The zero-order valence-corrected chi connectivity index (χ0v) is 15.2. The van der Waals surface area contributed by atoms with Crippen molar-refractivity contribution in [1.29, 1.82) is 0 Å². The third kappa shape index (κ3) is 5.03. The standard InChI is InChI=1S/C16H15F2N5O4S/c17-9-2-1-3-10(18)14(9)19-12(25)8-28-16-22-21-13(27-16)5-7-23-6-4-11(24)20-15(23)26/h1-3H,4-8H2,(H,19,25)(H,20,24,26). The molecule has 148 valence electrons. The number of rotatable bonds is 7. The average Bonchev–Trinajstić information content (AvgIpc) is 3.10. The summed E-state index contributed by atoms with van der Waals surface area (Å²) in [6.07, 6.45) is 0.510. The monoisotopic (exact) mass is 411 g/mol. The first kappa shape index (κ1) is 19.7. The molecule has 1 aromatic heterocycles. The Hall–Kier alpha value is -3.02. The first-order valence-electron chi connectivity index (χ1n) is 8.20. The van der Waals surface area contributed by atoms with Gasteiger partial charge in [-0.3, -0.25) is 14.9 Å². The number of anilines is 1. The number of hydrogen-bond donors (Lipinski definition) is 2. The minimum Gasteiger partial charge on any atom is -0.416 e. The van der Waals surface area contributed by atoms with Gasteiger partial charge in [0.05, 0.1) is 5.75 Å². The Morgan fingerprint density at radius 1 is 1.29 bits per heavy atom. The summed E-state index contributed by atoms with van der Waals surface area (Å²) in [4.78, 5) is 36.0. The Morgan fingerprint density at radius 3 is 2.75 bits per heavy atom. The number of carbonyl (C=O) groups is 3. The molecule has 0 atom stereocenters. The number of aromatic nitrogens is 2. The Kier molecular flexibility index (Phi) is 6.19. The maximum Gasteiger partial charge on any atom is 0.324 e. The van der Waals surface area contributed by atoms with Crippen molar-refractivity contribution in [3.8, 4) is 0 Å². The van der Waals surface area contributed by atoms with Crippen LogP contribution >= 0.6 is 11.8 Å². The molecule has 2 N–H and O–H groups in total. The van der Waals surface area contributed by atoms with Crippen LogP contribution in [0.15, 0.2) is 27.8 Å². The minimum absolute atomic E-state index is 0.109. The third-order valence-electron chi connectivity index (χ3n) is 3.74. The maximum absolute atomic E-state index is 13.5. The zero-order valence-electron chi connectivity index (χ0n) is 14.4. The molecule has 1 aromatic carbocycles. The van der Waals surface area contributed by atoms with Crippen molar-refractivity contribution >= 4 is 35.3 Å². The molecule has 12 heteroatoms. The average molecular weight is 411 g/mol. The number of imide groups is 1. The molecule has 2 aromatic rings. The van der Waals surface area contributed by atoms with Crippen molar-refractivity contribution < 1.29 is 27.6 Å². The molecule has 1 saturated heterocycles. The molecule has 2 heterocycles. The van der Waals surface area contributed by atoms with Crippen LogP contribution < -0.4 is 10.6 Å². The zero-order chi connectivity index (χ0) is 20.1. The number of amides is 4. The number of para-hydroxylation sites is 1. The van der Waals surface area contributed by atoms with Crippen LogP contribution in [0.25, 0.3) is 0 Å². The lowest BCUT2D eigenvalue weighted by Gasteiger charge is -2.25. The highest BCUT2D eigenvalue weighted by Gasteiger charge is 2.23. The lowest BCUT2D eigenvalue weighted by molar-refractivity contribution is -0.121. The van der Waals surface area contributed by atoms with E-state index in [4.69, 9.17) is 4.42 Å². The van der Waals surface area contributed by atoms with Gasteiger partial charge >= 0.3 is 6.03 Å². The van der Waals surface area contributed by atoms with Gasteiger partial charge in [-0.1, -0.05) is 17.8 Å². The fraction of sp³-hybridized carbons (Fsp3) is 0.312. The quantitative estimate of drug-likeness (QED) is 0.664. The summed E-state index contributed by atoms with van der Waals surface area (Å²) >= 11 is 0.908. The number of nitrogens with one attached hydrogen (secondary N) is 2. The molecule has 0 radical (unpaired) electrons. The van der Waals surface area contributed by atoms with E-state index in [0.717, 1.165) is 23.9 Å². The summed E-state index contributed by atoms with van der Waals surface area (Å²) in [7, 11) is 0. The number of thioether (sulfide) groups is 1. The van der Waals surface area contributed by atoms with E-state index >= 15 is 0 Å². The van der Waals surface area contributed by atoms with Crippen LogP contribution in [0.5, 0.6) is 0 Å². The van der Waals surface area contributed by atoms with Crippen molar-refractivity contribution in [2.75, 3.05) is 24.2 Å². The minimum atomic E-state index is -0.873. The van der Waals surface area contributed by atoms with Gasteiger partial charge in [0.25, 0.3) is 5.22 Å².